The van der Waals surface area contributed by atoms with Crippen LogP contribution < -0.4 is 14.8 Å². The van der Waals surface area contributed by atoms with Gasteiger partial charge >= 0.3 is 5.97 Å². The molecule has 0 atom stereocenters. The van der Waals surface area contributed by atoms with Crippen molar-refractivity contribution in [1.29, 1.82) is 0 Å². The normalized spacial score (nSPS) is 11.2. The van der Waals surface area contributed by atoms with Crippen molar-refractivity contribution in [2.24, 2.45) is 0 Å². The highest BCUT2D eigenvalue weighted by atomic mass is 32.2. The number of amides is 1. The third-order valence-electron chi connectivity index (χ3n) is 4.76. The number of nitrogens with one attached hydrogen (secondary N) is 1. The molecular formula is C24H32N2O7S. The number of rotatable bonds is 14. The second kappa shape index (κ2) is 13.6. The highest BCUT2D eigenvalue weighted by molar-refractivity contribution is 7.89. The number of hydrogen-bond donors (Lipinski definition) is 1. The lowest BCUT2D eigenvalue weighted by molar-refractivity contribution is -0.147. The summed E-state index contributed by atoms with van der Waals surface area (Å²) in [6.07, 6.45) is 0.494. The lowest BCUT2D eigenvalue weighted by atomic mass is 10.3. The zero-order valence-electron chi connectivity index (χ0n) is 19.8. The molecule has 2 aromatic carbocycles. The van der Waals surface area contributed by atoms with E-state index in [4.69, 9.17) is 14.2 Å². The van der Waals surface area contributed by atoms with Gasteiger partial charge in [-0.3, -0.25) is 9.59 Å². The third-order valence-corrected chi connectivity index (χ3v) is 6.80. The van der Waals surface area contributed by atoms with E-state index in [0.717, 1.165) is 0 Å². The van der Waals surface area contributed by atoms with Gasteiger partial charge < -0.3 is 19.5 Å². The first kappa shape index (κ1) is 27.1. The zero-order valence-corrected chi connectivity index (χ0v) is 20.6. The Kier molecular flexibility index (Phi) is 10.8. The summed E-state index contributed by atoms with van der Waals surface area (Å²) in [4.78, 5) is 24.2. The van der Waals surface area contributed by atoms with Crippen LogP contribution >= 0.6 is 0 Å². The maximum Gasteiger partial charge on any atom is 0.306 e. The van der Waals surface area contributed by atoms with E-state index >= 15 is 0 Å². The largest absolute Gasteiger partial charge is 0.490 e. The fourth-order valence-electron chi connectivity index (χ4n) is 3.10. The summed E-state index contributed by atoms with van der Waals surface area (Å²) in [6, 6.07) is 13.2. The van der Waals surface area contributed by atoms with Crippen LogP contribution in [0.25, 0.3) is 0 Å². The molecular weight excluding hydrogens is 460 g/mol. The predicted molar refractivity (Wildman–Crippen MR) is 128 cm³/mol. The number of ether oxygens (including phenoxy) is 3. The van der Waals surface area contributed by atoms with E-state index in [0.29, 0.717) is 49.9 Å². The fraction of sp³-hybridized carbons (Fsp3) is 0.417. The number of sulfonamides is 1. The van der Waals surface area contributed by atoms with E-state index < -0.39 is 28.5 Å². The number of esters is 1. The van der Waals surface area contributed by atoms with Gasteiger partial charge in [-0.15, -0.1) is 0 Å². The lowest BCUT2D eigenvalue weighted by Crippen LogP contribution is -2.30. The van der Waals surface area contributed by atoms with Gasteiger partial charge in [0.05, 0.1) is 18.1 Å². The molecule has 1 amide bonds. The maximum atomic E-state index is 12.6. The molecule has 0 radical (unpaired) electrons. The van der Waals surface area contributed by atoms with Crippen LogP contribution in [0.15, 0.2) is 53.4 Å². The topological polar surface area (TPSA) is 111 Å². The average molecular weight is 493 g/mol. The Balaban J connectivity index is 1.77. The first-order valence-electron chi connectivity index (χ1n) is 11.2. The van der Waals surface area contributed by atoms with Crippen molar-refractivity contribution in [2.45, 2.75) is 38.5 Å². The number of carbonyl (C=O) groups excluding carboxylic acids is 2. The minimum atomic E-state index is -3.65. The van der Waals surface area contributed by atoms with Gasteiger partial charge in [-0.1, -0.05) is 32.0 Å². The van der Waals surface area contributed by atoms with Crippen molar-refractivity contribution in [3.8, 4) is 11.5 Å². The van der Waals surface area contributed by atoms with Crippen LogP contribution in [-0.2, 0) is 24.3 Å². The van der Waals surface area contributed by atoms with Gasteiger partial charge in [0, 0.05) is 25.2 Å². The van der Waals surface area contributed by atoms with Crippen LogP contribution in [0.4, 0.5) is 5.69 Å². The van der Waals surface area contributed by atoms with Gasteiger partial charge in [0.2, 0.25) is 10.0 Å². The SMILES string of the molecule is CCOc1ccccc1OCCCC(=O)OCC(=O)Nc1cccc(S(=O)(=O)N(CC)CC)c1. The van der Waals surface area contributed by atoms with Crippen LogP contribution in [0.5, 0.6) is 11.5 Å². The molecule has 0 saturated heterocycles. The van der Waals surface area contributed by atoms with Crippen LogP contribution in [0.3, 0.4) is 0 Å². The Morgan fingerprint density at radius 3 is 2.26 bits per heavy atom. The molecule has 0 saturated carbocycles. The van der Waals surface area contributed by atoms with Crippen LogP contribution in [0.1, 0.15) is 33.6 Å². The molecule has 0 spiro atoms. The quantitative estimate of drug-likeness (QED) is 0.318. The molecule has 0 bridgehead atoms. The summed E-state index contributed by atoms with van der Waals surface area (Å²) >= 11 is 0. The smallest absolute Gasteiger partial charge is 0.306 e. The molecule has 0 fully saturated rings. The monoisotopic (exact) mass is 492 g/mol. The van der Waals surface area contributed by atoms with Gasteiger partial charge in [0.25, 0.3) is 5.91 Å². The highest BCUT2D eigenvalue weighted by Crippen LogP contribution is 2.26. The third kappa shape index (κ3) is 8.03. The van der Waals surface area contributed by atoms with Gasteiger partial charge in [-0.2, -0.15) is 4.31 Å². The number of nitrogens with zero attached hydrogens (tertiary/aromatic N) is 1. The molecule has 0 aliphatic heterocycles. The van der Waals surface area contributed by atoms with Crippen molar-refractivity contribution in [1.82, 2.24) is 4.31 Å². The molecule has 0 aliphatic rings. The molecule has 34 heavy (non-hydrogen) atoms. The van der Waals surface area contributed by atoms with Crippen molar-refractivity contribution in [3.63, 3.8) is 0 Å². The summed E-state index contributed by atoms with van der Waals surface area (Å²) in [6.45, 7) is 6.42. The summed E-state index contributed by atoms with van der Waals surface area (Å²) < 4.78 is 42.7. The zero-order chi connectivity index (χ0) is 25.0. The molecule has 9 nitrogen and oxygen atoms in total. The maximum absolute atomic E-state index is 12.6. The minimum Gasteiger partial charge on any atom is -0.490 e. The number of hydrogen-bond acceptors (Lipinski definition) is 7. The van der Waals surface area contributed by atoms with E-state index in [1.165, 1.54) is 16.4 Å². The summed E-state index contributed by atoms with van der Waals surface area (Å²) in [5.74, 6) is 0.142. The Morgan fingerprint density at radius 1 is 0.941 bits per heavy atom. The molecule has 2 rings (SSSR count). The molecule has 0 aromatic heterocycles. The molecule has 0 heterocycles. The highest BCUT2D eigenvalue weighted by Gasteiger charge is 2.22. The standard InChI is InChI=1S/C24H32N2O7S/c1-4-26(5-2)34(29,30)20-12-9-11-19(17-20)25-23(27)18-33-24(28)15-10-16-32-22-14-8-7-13-21(22)31-6-3/h7-9,11-14,17H,4-6,10,15-16,18H2,1-3H3,(H,25,27). The van der Waals surface area contributed by atoms with Gasteiger partial charge in [0.1, 0.15) is 0 Å². The predicted octanol–water partition coefficient (Wildman–Crippen LogP) is 3.46. The van der Waals surface area contributed by atoms with Crippen LogP contribution in [0, 0.1) is 0 Å². The van der Waals surface area contributed by atoms with Crippen molar-refractivity contribution in [2.75, 3.05) is 38.2 Å². The van der Waals surface area contributed by atoms with Crippen molar-refractivity contribution >= 4 is 27.6 Å². The second-order valence-corrected chi connectivity index (χ2v) is 9.10. The van der Waals surface area contributed by atoms with Gasteiger partial charge in [-0.05, 0) is 43.7 Å². The number of para-hydroxylation sites is 2. The van der Waals surface area contributed by atoms with E-state index in [1.807, 2.05) is 19.1 Å². The Bertz CT molecular complexity index is 1050. The lowest BCUT2D eigenvalue weighted by Gasteiger charge is -2.18. The molecule has 0 aliphatic carbocycles. The molecule has 186 valence electrons. The average Bonchev–Trinajstić information content (AvgIpc) is 2.82. The molecule has 0 unspecified atom stereocenters. The summed E-state index contributed by atoms with van der Waals surface area (Å²) in [5.41, 5.74) is 0.302. The van der Waals surface area contributed by atoms with Crippen molar-refractivity contribution < 1.29 is 32.2 Å². The molecule has 1 N–H and O–H groups in total. The number of anilines is 1. The second-order valence-electron chi connectivity index (χ2n) is 7.16. The van der Waals surface area contributed by atoms with Gasteiger partial charge in [-0.25, -0.2) is 8.42 Å². The van der Waals surface area contributed by atoms with Crippen LogP contribution in [0.2, 0.25) is 0 Å². The van der Waals surface area contributed by atoms with E-state index in [-0.39, 0.29) is 11.3 Å². The summed E-state index contributed by atoms with van der Waals surface area (Å²) in [7, 11) is -3.65. The molecule has 2 aromatic rings. The first-order valence-corrected chi connectivity index (χ1v) is 12.7. The van der Waals surface area contributed by atoms with Gasteiger partial charge in [0.15, 0.2) is 18.1 Å². The Morgan fingerprint density at radius 2 is 1.62 bits per heavy atom. The van der Waals surface area contributed by atoms with Crippen LogP contribution in [-0.4, -0.2) is 57.5 Å². The minimum absolute atomic E-state index is 0.0805. The van der Waals surface area contributed by atoms with E-state index in [1.54, 1.807) is 38.1 Å². The Hall–Kier alpha value is -3.11. The van der Waals surface area contributed by atoms with E-state index in [2.05, 4.69) is 5.32 Å². The van der Waals surface area contributed by atoms with E-state index in [9.17, 15) is 18.0 Å². The fourth-order valence-corrected chi connectivity index (χ4v) is 4.61. The van der Waals surface area contributed by atoms with Crippen molar-refractivity contribution in [3.05, 3.63) is 48.5 Å². The summed E-state index contributed by atoms with van der Waals surface area (Å²) in [5, 5.41) is 2.55. The number of carbonyl (C=O) groups is 2. The molecule has 10 heteroatoms. The Labute approximate surface area is 201 Å². The number of benzene rings is 2. The first-order chi connectivity index (χ1) is 16.3.